The largest absolute Gasteiger partial charge is 0.394 e. The number of alkyl halides is 2. The van der Waals surface area contributed by atoms with Crippen molar-refractivity contribution < 1.29 is 127 Å². The molecule has 94 heavy (non-hydrogen) atoms. The first-order valence-electron chi connectivity index (χ1n) is 29.5. The SMILES string of the molecule is C[C@H]1[C@@H](O[C@H]2[C@@H](O)[C@H](O[C@@H]3[C@@H](O)[C@H](N=[N+]=[N-])C[C@H](N=[N+]=[N-])[C@H]3O[C@H]3O[C@H](CN=[N+]=[N-])[C@@H](O)[C@@H](F)[C@H]3N=[N+]=[N-])O[C@@H]2CO)O[C@@H](CN=[N+]=[N-])[C@@H](O)[C@@H]1O.NC[C@@H]1O[C@H](O[C@H]2[C@@H](O)[C@H](O[C@@H]3[C@@H](O)[C@H](N)C[C@H](N)[C@H]3O[C@H]3O[C@H](CN)[C@@H](O)[C@@H](F)[C@H]3N)O[C@@H]2CO)[C@H](N)[C@@H](O)[C@@H]1O. The summed E-state index contributed by atoms with van der Waals surface area (Å²) in [5, 5.41) is 144. The number of hydrogen-bond acceptors (Lipinski definition) is 35. The molecule has 0 spiro atoms. The fraction of sp³-hybridized carbons (Fsp3) is 1.00. The van der Waals surface area contributed by atoms with E-state index in [4.69, 9.17) is 113 Å². The zero-order valence-corrected chi connectivity index (χ0v) is 49.8. The number of aliphatic hydroxyl groups is 12. The van der Waals surface area contributed by atoms with Crippen molar-refractivity contribution in [2.24, 2.45) is 65.9 Å². The highest BCUT2D eigenvalue weighted by atomic mass is 19.1. The zero-order valence-electron chi connectivity index (χ0n) is 49.8. The molecule has 6 saturated heterocycles. The standard InChI is InChI=1S/C24H36FN15O12.C23H45FN6O12/c1-6-14(42)17(45)10(4-32-37-27)47-22(6)51-20-11(5-41)49-24(18(20)46)52-21-15(43)7(33-38-28)2-8(34-39-29)19(21)50-23-13(35-40-30)12(25)16(44)9(48-23)3-31-36-26;24-10-11(29)21(37-7(2-25)14(10)33)40-18-6(28)1-5(27)13(32)20(18)42-23-17(36)19(9(4-31)39-23)41-22-12(30)16(35)15(34)8(3-26)38-22/h6-24,41-46H,2-5H2,1H3;5-23,31-36H,1-4,25-30H2/t6-,7-,8+,9-,10+,11-,12+,13-,14-,15+,16-,17-,18-,19-,20-,21-,22-,23-,24+;5-,6+,7-,8+,9-,10+,11-,12-,13+,14-,15-,16-,17-,18-,19-,20-,21-,22-,23+/m11/s1. The van der Waals surface area contributed by atoms with Crippen molar-refractivity contribution >= 4 is 0 Å². The summed E-state index contributed by atoms with van der Waals surface area (Å²) in [6, 6.07) is -9.11. The van der Waals surface area contributed by atoms with E-state index in [9.17, 15) is 71.2 Å². The summed E-state index contributed by atoms with van der Waals surface area (Å²) >= 11 is 0. The third-order valence-corrected chi connectivity index (χ3v) is 17.4. The van der Waals surface area contributed by atoms with Gasteiger partial charge in [0.15, 0.2) is 37.7 Å². The minimum absolute atomic E-state index is 0.0577. The monoisotopic (exact) mass is 1360 g/mol. The molecule has 47 heteroatoms. The van der Waals surface area contributed by atoms with Crippen LogP contribution >= 0.6 is 0 Å². The van der Waals surface area contributed by atoms with Gasteiger partial charge in [-0.25, -0.2) is 8.78 Å². The van der Waals surface area contributed by atoms with Crippen LogP contribution in [0.4, 0.5) is 8.78 Å². The molecule has 0 amide bonds. The Balaban J connectivity index is 0.000000272. The van der Waals surface area contributed by atoms with Crippen LogP contribution in [-0.4, -0.2) is 327 Å². The van der Waals surface area contributed by atoms with E-state index in [1.54, 1.807) is 0 Å². The average molecular weight is 1360 g/mol. The van der Waals surface area contributed by atoms with Crippen LogP contribution in [0.1, 0.15) is 19.8 Å². The summed E-state index contributed by atoms with van der Waals surface area (Å²) in [6.45, 7) is -1.39. The van der Waals surface area contributed by atoms with E-state index in [1.165, 1.54) is 6.92 Å². The summed E-state index contributed by atoms with van der Waals surface area (Å²) in [6.07, 6.45) is -46.3. The lowest BCUT2D eigenvalue weighted by atomic mass is 9.84. The van der Waals surface area contributed by atoms with Crippen molar-refractivity contribution in [2.75, 3.05) is 39.4 Å². The minimum atomic E-state index is -2.34. The molecular weight excluding hydrogens is 1280 g/mol. The highest BCUT2D eigenvalue weighted by Crippen LogP contribution is 2.40. The molecule has 0 aromatic carbocycles. The van der Waals surface area contributed by atoms with E-state index in [0.717, 1.165) is 0 Å². The molecule has 0 unspecified atom stereocenters. The normalized spacial score (nSPS) is 48.6. The van der Waals surface area contributed by atoms with Gasteiger partial charge in [0.2, 0.25) is 0 Å². The lowest BCUT2D eigenvalue weighted by molar-refractivity contribution is -0.303. The Morgan fingerprint density at radius 3 is 1.36 bits per heavy atom. The lowest BCUT2D eigenvalue weighted by Gasteiger charge is -2.47. The molecule has 2 aliphatic carbocycles. The van der Waals surface area contributed by atoms with Crippen LogP contribution in [0.2, 0.25) is 0 Å². The smallest absolute Gasteiger partial charge is 0.187 e. The zero-order chi connectivity index (χ0) is 69.2. The van der Waals surface area contributed by atoms with Crippen LogP contribution < -0.4 is 34.4 Å². The van der Waals surface area contributed by atoms with Crippen molar-refractivity contribution in [1.29, 1.82) is 0 Å². The average Bonchev–Trinajstić information content (AvgIpc) is 1.31. The maximum atomic E-state index is 15.4. The Bertz CT molecular complexity index is 2680. The van der Waals surface area contributed by atoms with E-state index in [1.807, 2.05) is 0 Å². The Kier molecular flexibility index (Phi) is 28.2. The third kappa shape index (κ3) is 16.8. The van der Waals surface area contributed by atoms with Crippen LogP contribution in [0.3, 0.4) is 0 Å². The topological polar surface area (TPSA) is 753 Å². The van der Waals surface area contributed by atoms with Gasteiger partial charge < -0.3 is 153 Å². The molecule has 0 aromatic rings. The maximum absolute atomic E-state index is 15.4. The van der Waals surface area contributed by atoms with Gasteiger partial charge in [-0.15, -0.1) is 0 Å². The maximum Gasteiger partial charge on any atom is 0.187 e. The second-order valence-corrected chi connectivity index (χ2v) is 23.4. The summed E-state index contributed by atoms with van der Waals surface area (Å²) in [5.41, 5.74) is 80.4. The number of nitrogens with zero attached hydrogens (tertiary/aromatic N) is 15. The van der Waals surface area contributed by atoms with E-state index in [-0.39, 0.29) is 32.5 Å². The van der Waals surface area contributed by atoms with Crippen LogP contribution in [0.5, 0.6) is 0 Å². The third-order valence-electron chi connectivity index (χ3n) is 17.4. The summed E-state index contributed by atoms with van der Waals surface area (Å²) in [4.78, 5) is 13.2. The highest BCUT2D eigenvalue weighted by molar-refractivity contribution is 5.06. The molecule has 45 nitrogen and oxygen atoms in total. The van der Waals surface area contributed by atoms with Gasteiger partial charge in [-0.2, -0.15) is 0 Å². The quantitative estimate of drug-likeness (QED) is 0.0257. The van der Waals surface area contributed by atoms with E-state index in [2.05, 4.69) is 50.1 Å². The van der Waals surface area contributed by atoms with Gasteiger partial charge in [0, 0.05) is 55.6 Å². The summed E-state index contributed by atoms with van der Waals surface area (Å²) in [7, 11) is 0. The molecule has 6 aliphatic heterocycles. The summed E-state index contributed by atoms with van der Waals surface area (Å²) in [5.74, 6) is -0.934. The summed E-state index contributed by atoms with van der Waals surface area (Å²) < 4.78 is 99.2. The number of ether oxygens (including phenoxy) is 12. The molecular formula is C47H81F2N21O24. The van der Waals surface area contributed by atoms with Crippen LogP contribution in [0.25, 0.3) is 52.2 Å². The predicted octanol–water partition coefficient (Wildman–Crippen LogP) is -7.77. The Morgan fingerprint density at radius 1 is 0.404 bits per heavy atom. The lowest BCUT2D eigenvalue weighted by Crippen LogP contribution is -2.67. The molecule has 8 fully saturated rings. The van der Waals surface area contributed by atoms with E-state index >= 15 is 4.39 Å². The van der Waals surface area contributed by atoms with Gasteiger partial charge in [0.05, 0.1) is 87.1 Å². The first-order chi connectivity index (χ1) is 44.8. The second-order valence-electron chi connectivity index (χ2n) is 23.4. The van der Waals surface area contributed by atoms with Crippen LogP contribution in [-0.2, 0) is 56.8 Å². The first-order valence-corrected chi connectivity index (χ1v) is 29.5. The van der Waals surface area contributed by atoms with Crippen LogP contribution in [0, 0.1) is 5.92 Å². The van der Waals surface area contributed by atoms with Crippen molar-refractivity contribution in [3.8, 4) is 0 Å². The Morgan fingerprint density at radius 2 is 0.830 bits per heavy atom. The highest BCUT2D eigenvalue weighted by Gasteiger charge is 2.58. The first kappa shape index (κ1) is 76.6. The minimum Gasteiger partial charge on any atom is -0.394 e. The molecule has 2 saturated carbocycles. The number of rotatable bonds is 23. The fourth-order valence-electron chi connectivity index (χ4n) is 12.1. The molecule has 6 heterocycles. The molecule has 8 rings (SSSR count). The van der Waals surface area contributed by atoms with Gasteiger partial charge in [0.25, 0.3) is 0 Å². The predicted molar refractivity (Wildman–Crippen MR) is 300 cm³/mol. The van der Waals surface area contributed by atoms with Crippen LogP contribution in [0.15, 0.2) is 25.6 Å². The molecule has 0 aromatic heterocycles. The Labute approximate surface area is 529 Å². The number of halogens is 2. The Hall–Kier alpha value is -4.79. The van der Waals surface area contributed by atoms with Gasteiger partial charge >= 0.3 is 0 Å². The molecule has 0 bridgehead atoms. The van der Waals surface area contributed by atoms with Crippen molar-refractivity contribution in [1.82, 2.24) is 0 Å². The van der Waals surface area contributed by atoms with Gasteiger partial charge in [-0.3, -0.25) is 0 Å². The molecule has 8 aliphatic rings. The fourth-order valence-corrected chi connectivity index (χ4v) is 12.1. The van der Waals surface area contributed by atoms with E-state index < -0.39 is 252 Å². The van der Waals surface area contributed by atoms with Gasteiger partial charge in [-0.1, -0.05) is 32.5 Å². The second kappa shape index (κ2) is 34.6. The van der Waals surface area contributed by atoms with Crippen molar-refractivity contribution in [2.45, 2.75) is 246 Å². The van der Waals surface area contributed by atoms with Gasteiger partial charge in [0.1, 0.15) is 116 Å². The number of aliphatic hydroxyl groups excluding tert-OH is 12. The van der Waals surface area contributed by atoms with Crippen molar-refractivity contribution in [3.05, 3.63) is 52.2 Å². The molecule has 24 N–H and O–H groups in total. The molecule has 0 radical (unpaired) electrons. The number of nitrogens with two attached hydrogens (primary N) is 6. The van der Waals surface area contributed by atoms with Crippen molar-refractivity contribution in [3.63, 3.8) is 0 Å². The molecule has 38 atom stereocenters. The van der Waals surface area contributed by atoms with Gasteiger partial charge in [-0.05, 0) is 40.5 Å². The molecule has 532 valence electrons. The van der Waals surface area contributed by atoms with E-state index in [0.29, 0.717) is 0 Å². The number of azide groups is 5. The number of hydrogen-bond donors (Lipinski definition) is 18.